The fourth-order valence-electron chi connectivity index (χ4n) is 1.50. The first-order valence-electron chi connectivity index (χ1n) is 5.77. The van der Waals surface area contributed by atoms with Crippen molar-refractivity contribution in [2.24, 2.45) is 0 Å². The van der Waals surface area contributed by atoms with Crippen molar-refractivity contribution in [3.63, 3.8) is 0 Å². The minimum absolute atomic E-state index is 0.275. The lowest BCUT2D eigenvalue weighted by Gasteiger charge is -2.05. The highest BCUT2D eigenvalue weighted by Gasteiger charge is 2.12. The van der Waals surface area contributed by atoms with Crippen molar-refractivity contribution in [3.05, 3.63) is 47.3 Å². The fraction of sp³-hybridized carbons (Fsp3) is 0.214. The van der Waals surface area contributed by atoms with E-state index in [1.165, 1.54) is 11.8 Å². The van der Waals surface area contributed by atoms with E-state index in [1.807, 2.05) is 32.2 Å². The van der Waals surface area contributed by atoms with Crippen LogP contribution < -0.4 is 4.74 Å². The highest BCUT2D eigenvalue weighted by molar-refractivity contribution is 7.98. The Morgan fingerprint density at radius 3 is 2.47 bits per heavy atom. The zero-order valence-electron chi connectivity index (χ0n) is 11.0. The molecule has 0 N–H and O–H groups in total. The van der Waals surface area contributed by atoms with E-state index in [0.717, 1.165) is 11.3 Å². The molecule has 0 unspecified atom stereocenters. The molecule has 19 heavy (non-hydrogen) atoms. The summed E-state index contributed by atoms with van der Waals surface area (Å²) >= 11 is 1.39. The number of carbonyl (C=O) groups is 1. The number of aromatic nitrogens is 2. The van der Waals surface area contributed by atoms with Gasteiger partial charge < -0.3 is 4.74 Å². The van der Waals surface area contributed by atoms with Gasteiger partial charge >= 0.3 is 5.97 Å². The van der Waals surface area contributed by atoms with E-state index >= 15 is 0 Å². The van der Waals surface area contributed by atoms with E-state index < -0.39 is 5.97 Å². The van der Waals surface area contributed by atoms with Crippen LogP contribution in [0, 0.1) is 13.8 Å². The number of thioether (sulfide) groups is 1. The molecule has 1 heterocycles. The molecule has 0 amide bonds. The van der Waals surface area contributed by atoms with Crippen LogP contribution in [0.4, 0.5) is 0 Å². The average Bonchev–Trinajstić information content (AvgIpc) is 2.40. The summed E-state index contributed by atoms with van der Waals surface area (Å²) in [5.74, 6) is 0.0437. The summed E-state index contributed by atoms with van der Waals surface area (Å²) in [6, 6.07) is 8.92. The summed E-state index contributed by atoms with van der Waals surface area (Å²) in [5, 5.41) is 0.566. The normalized spacial score (nSPS) is 10.3. The maximum atomic E-state index is 12.0. The number of rotatable bonds is 3. The van der Waals surface area contributed by atoms with Crippen LogP contribution in [0.5, 0.6) is 5.75 Å². The van der Waals surface area contributed by atoms with Crippen LogP contribution in [-0.2, 0) is 0 Å². The smallest absolute Gasteiger partial charge is 0.362 e. The zero-order chi connectivity index (χ0) is 13.8. The van der Waals surface area contributed by atoms with Crippen molar-refractivity contribution in [1.82, 2.24) is 9.97 Å². The standard InChI is InChI=1S/C14H14N2O2S/c1-9-4-6-11(7-5-9)18-13(17)12-8-10(2)15-14(16-12)19-3/h4-8H,1-3H3. The molecule has 0 radical (unpaired) electrons. The van der Waals surface area contributed by atoms with Crippen LogP contribution in [0.1, 0.15) is 21.7 Å². The highest BCUT2D eigenvalue weighted by Crippen LogP contribution is 2.15. The molecular weight excluding hydrogens is 260 g/mol. The monoisotopic (exact) mass is 274 g/mol. The van der Waals surface area contributed by atoms with Gasteiger partial charge in [0.15, 0.2) is 10.9 Å². The Balaban J connectivity index is 2.20. The lowest BCUT2D eigenvalue weighted by Crippen LogP contribution is -2.12. The quantitative estimate of drug-likeness (QED) is 0.373. The second-order valence-corrected chi connectivity index (χ2v) is 4.86. The largest absolute Gasteiger partial charge is 0.422 e. The van der Waals surface area contributed by atoms with Crippen molar-refractivity contribution in [2.75, 3.05) is 6.26 Å². The van der Waals surface area contributed by atoms with Gasteiger partial charge in [-0.05, 0) is 38.3 Å². The number of nitrogens with zero attached hydrogens (tertiary/aromatic N) is 2. The maximum absolute atomic E-state index is 12.0. The molecule has 0 atom stereocenters. The molecule has 2 rings (SSSR count). The Morgan fingerprint density at radius 2 is 1.84 bits per heavy atom. The SMILES string of the molecule is CSc1nc(C)cc(C(=O)Oc2ccc(C)cc2)n1. The van der Waals surface area contributed by atoms with Gasteiger partial charge in [-0.2, -0.15) is 0 Å². The summed E-state index contributed by atoms with van der Waals surface area (Å²) in [6.07, 6.45) is 1.86. The van der Waals surface area contributed by atoms with E-state index in [1.54, 1.807) is 18.2 Å². The predicted molar refractivity (Wildman–Crippen MR) is 74.7 cm³/mol. The van der Waals surface area contributed by atoms with Gasteiger partial charge in [0.1, 0.15) is 5.75 Å². The Labute approximate surface area is 116 Å². The molecule has 0 saturated heterocycles. The first kappa shape index (κ1) is 13.5. The van der Waals surface area contributed by atoms with Gasteiger partial charge in [0.05, 0.1) is 0 Å². The molecule has 2 aromatic rings. The minimum atomic E-state index is -0.468. The Morgan fingerprint density at radius 1 is 1.16 bits per heavy atom. The highest BCUT2D eigenvalue weighted by atomic mass is 32.2. The summed E-state index contributed by atoms with van der Waals surface area (Å²) < 4.78 is 5.27. The van der Waals surface area contributed by atoms with Crippen LogP contribution in [0.2, 0.25) is 0 Å². The van der Waals surface area contributed by atoms with Crippen LogP contribution in [-0.4, -0.2) is 22.2 Å². The number of esters is 1. The zero-order valence-corrected chi connectivity index (χ0v) is 11.8. The van der Waals surface area contributed by atoms with Crippen LogP contribution in [0.3, 0.4) is 0 Å². The van der Waals surface area contributed by atoms with Crippen molar-refractivity contribution >= 4 is 17.7 Å². The Hall–Kier alpha value is -1.88. The number of hydrogen-bond acceptors (Lipinski definition) is 5. The Kier molecular flexibility index (Phi) is 4.16. The van der Waals surface area contributed by atoms with Gasteiger partial charge in [0.25, 0.3) is 0 Å². The van der Waals surface area contributed by atoms with Crippen molar-refractivity contribution < 1.29 is 9.53 Å². The topological polar surface area (TPSA) is 52.1 Å². The number of ether oxygens (including phenoxy) is 1. The van der Waals surface area contributed by atoms with Crippen molar-refractivity contribution in [3.8, 4) is 5.75 Å². The van der Waals surface area contributed by atoms with Crippen molar-refractivity contribution in [2.45, 2.75) is 19.0 Å². The third kappa shape index (κ3) is 3.54. The van der Waals surface area contributed by atoms with E-state index in [4.69, 9.17) is 4.74 Å². The number of carbonyl (C=O) groups excluding carboxylic acids is 1. The van der Waals surface area contributed by atoms with E-state index in [2.05, 4.69) is 9.97 Å². The molecule has 98 valence electrons. The summed E-state index contributed by atoms with van der Waals surface area (Å²) in [6.45, 7) is 3.80. The molecule has 0 fully saturated rings. The van der Waals surface area contributed by atoms with Crippen molar-refractivity contribution in [1.29, 1.82) is 0 Å². The molecule has 0 aliphatic heterocycles. The molecule has 5 heteroatoms. The van der Waals surface area contributed by atoms with Gasteiger partial charge in [0.2, 0.25) is 0 Å². The molecule has 1 aromatic carbocycles. The third-order valence-corrected chi connectivity index (χ3v) is 3.00. The second-order valence-electron chi connectivity index (χ2n) is 4.08. The molecule has 0 spiro atoms. The number of hydrogen-bond donors (Lipinski definition) is 0. The molecule has 0 saturated carbocycles. The summed E-state index contributed by atoms with van der Waals surface area (Å²) in [7, 11) is 0. The second kappa shape index (κ2) is 5.84. The van der Waals surface area contributed by atoms with Crippen LogP contribution in [0.15, 0.2) is 35.5 Å². The van der Waals surface area contributed by atoms with E-state index in [0.29, 0.717) is 10.9 Å². The van der Waals surface area contributed by atoms with E-state index in [9.17, 15) is 4.79 Å². The third-order valence-electron chi connectivity index (χ3n) is 2.46. The van der Waals surface area contributed by atoms with Gasteiger partial charge in [0, 0.05) is 5.69 Å². The summed E-state index contributed by atoms with van der Waals surface area (Å²) in [5.41, 5.74) is 2.13. The molecular formula is C14H14N2O2S. The maximum Gasteiger partial charge on any atom is 0.362 e. The first-order chi connectivity index (χ1) is 9.08. The van der Waals surface area contributed by atoms with Gasteiger partial charge in [-0.15, -0.1) is 0 Å². The van der Waals surface area contributed by atoms with Gasteiger partial charge in [-0.1, -0.05) is 29.5 Å². The van der Waals surface area contributed by atoms with E-state index in [-0.39, 0.29) is 5.69 Å². The summed E-state index contributed by atoms with van der Waals surface area (Å²) in [4.78, 5) is 20.3. The lowest BCUT2D eigenvalue weighted by molar-refractivity contribution is 0.0727. The van der Waals surface area contributed by atoms with Gasteiger partial charge in [-0.25, -0.2) is 14.8 Å². The molecule has 0 aliphatic carbocycles. The fourth-order valence-corrected chi connectivity index (χ4v) is 1.93. The molecule has 4 nitrogen and oxygen atoms in total. The molecule has 0 aliphatic rings. The lowest BCUT2D eigenvalue weighted by atomic mass is 10.2. The van der Waals surface area contributed by atoms with Gasteiger partial charge in [-0.3, -0.25) is 0 Å². The Bertz CT molecular complexity index is 597. The number of benzene rings is 1. The van der Waals surface area contributed by atoms with Crippen LogP contribution >= 0.6 is 11.8 Å². The molecule has 0 bridgehead atoms. The average molecular weight is 274 g/mol. The minimum Gasteiger partial charge on any atom is -0.422 e. The van der Waals surface area contributed by atoms with Crippen LogP contribution in [0.25, 0.3) is 0 Å². The first-order valence-corrected chi connectivity index (χ1v) is 6.99. The molecule has 1 aromatic heterocycles. The predicted octanol–water partition coefficient (Wildman–Crippen LogP) is 3.03. The number of aryl methyl sites for hydroxylation is 2.